The van der Waals surface area contributed by atoms with E-state index >= 15 is 0 Å². The van der Waals surface area contributed by atoms with Gasteiger partial charge in [0.05, 0.1) is 24.8 Å². The minimum atomic E-state index is -0.212. The number of nitrogens with zero attached hydrogens (tertiary/aromatic N) is 3. The van der Waals surface area contributed by atoms with Gasteiger partial charge in [0.15, 0.2) is 11.5 Å². The highest BCUT2D eigenvalue weighted by Crippen LogP contribution is 2.30. The minimum absolute atomic E-state index is 0.127. The number of piperazine rings is 1. The fourth-order valence-corrected chi connectivity index (χ4v) is 2.42. The van der Waals surface area contributed by atoms with Crippen molar-refractivity contribution in [1.29, 1.82) is 5.26 Å². The molecule has 1 aromatic carbocycles. The predicted molar refractivity (Wildman–Crippen MR) is 77.2 cm³/mol. The van der Waals surface area contributed by atoms with Gasteiger partial charge >= 0.3 is 0 Å². The third kappa shape index (κ3) is 3.09. The topological polar surface area (TPSA) is 76.8 Å². The van der Waals surface area contributed by atoms with E-state index < -0.39 is 0 Å². The second-order valence-electron chi connectivity index (χ2n) is 4.99. The molecule has 21 heavy (non-hydrogen) atoms. The average molecular weight is 289 g/mol. The molecule has 1 aliphatic heterocycles. The van der Waals surface area contributed by atoms with Crippen molar-refractivity contribution in [3.63, 3.8) is 0 Å². The molecule has 1 saturated heterocycles. The van der Waals surface area contributed by atoms with E-state index in [1.807, 2.05) is 11.8 Å². The van der Waals surface area contributed by atoms with Crippen LogP contribution in [0.4, 0.5) is 0 Å². The Hall–Kier alpha value is -2.26. The second-order valence-corrected chi connectivity index (χ2v) is 4.99. The summed E-state index contributed by atoms with van der Waals surface area (Å²) in [7, 11) is 1.45. The number of carbonyl (C=O) groups excluding carboxylic acids is 1. The van der Waals surface area contributed by atoms with E-state index in [0.717, 1.165) is 0 Å². The van der Waals surface area contributed by atoms with Crippen LogP contribution in [0.2, 0.25) is 0 Å². The van der Waals surface area contributed by atoms with Crippen LogP contribution >= 0.6 is 0 Å². The standard InChI is InChI=1S/C15H19N3O3/c1-11(10-16)17-6-8-18(9-7-17)15(20)12-4-3-5-13(21-2)14(12)19/h3-5,11,19H,6-9H2,1-2H3. The molecule has 1 atom stereocenters. The van der Waals surface area contributed by atoms with Crippen LogP contribution in [0.3, 0.4) is 0 Å². The molecule has 0 bridgehead atoms. The van der Waals surface area contributed by atoms with E-state index in [0.29, 0.717) is 26.2 Å². The summed E-state index contributed by atoms with van der Waals surface area (Å²) < 4.78 is 5.02. The highest BCUT2D eigenvalue weighted by molar-refractivity contribution is 5.97. The van der Waals surface area contributed by atoms with Crippen molar-refractivity contribution in [3.8, 4) is 17.6 Å². The Morgan fingerprint density at radius 1 is 1.38 bits per heavy atom. The highest BCUT2D eigenvalue weighted by atomic mass is 16.5. The van der Waals surface area contributed by atoms with E-state index in [1.54, 1.807) is 23.1 Å². The molecule has 1 aromatic rings. The monoisotopic (exact) mass is 289 g/mol. The van der Waals surface area contributed by atoms with Crippen molar-refractivity contribution >= 4 is 5.91 Å². The molecule has 1 heterocycles. The van der Waals surface area contributed by atoms with Gasteiger partial charge in [0.25, 0.3) is 5.91 Å². The Bertz CT molecular complexity index is 560. The lowest BCUT2D eigenvalue weighted by atomic mass is 10.1. The summed E-state index contributed by atoms with van der Waals surface area (Å²) in [5, 5.41) is 19.0. The first-order valence-corrected chi connectivity index (χ1v) is 6.87. The molecule has 6 nitrogen and oxygen atoms in total. The summed E-state index contributed by atoms with van der Waals surface area (Å²) in [6, 6.07) is 6.93. The molecular weight excluding hydrogens is 270 g/mol. The van der Waals surface area contributed by atoms with Crippen molar-refractivity contribution in [1.82, 2.24) is 9.80 Å². The number of carbonyl (C=O) groups is 1. The fourth-order valence-electron chi connectivity index (χ4n) is 2.42. The van der Waals surface area contributed by atoms with Crippen LogP contribution in [0.15, 0.2) is 18.2 Å². The summed E-state index contributed by atoms with van der Waals surface area (Å²) in [5.41, 5.74) is 0.246. The van der Waals surface area contributed by atoms with Gasteiger partial charge in [0.1, 0.15) is 0 Å². The van der Waals surface area contributed by atoms with E-state index in [4.69, 9.17) is 10.00 Å². The molecule has 112 valence electrons. The second kappa shape index (κ2) is 6.46. The Labute approximate surface area is 124 Å². The first-order chi connectivity index (χ1) is 10.1. The number of phenolic OH excluding ortho intramolecular Hbond substituents is 1. The summed E-state index contributed by atoms with van der Waals surface area (Å²) in [4.78, 5) is 16.2. The van der Waals surface area contributed by atoms with Crippen molar-refractivity contribution < 1.29 is 14.6 Å². The number of nitriles is 1. The van der Waals surface area contributed by atoms with Gasteiger partial charge in [-0.25, -0.2) is 0 Å². The maximum absolute atomic E-state index is 12.5. The molecule has 2 rings (SSSR count). The number of para-hydroxylation sites is 1. The average Bonchev–Trinajstić information content (AvgIpc) is 2.54. The van der Waals surface area contributed by atoms with Crippen molar-refractivity contribution in [2.24, 2.45) is 0 Å². The molecule has 1 amide bonds. The van der Waals surface area contributed by atoms with Crippen molar-refractivity contribution in [2.75, 3.05) is 33.3 Å². The van der Waals surface area contributed by atoms with Crippen LogP contribution in [-0.4, -0.2) is 60.1 Å². The number of hydrogen-bond acceptors (Lipinski definition) is 5. The summed E-state index contributed by atoms with van der Waals surface area (Å²) in [5.74, 6) is -0.0499. The maximum atomic E-state index is 12.5. The fraction of sp³-hybridized carbons (Fsp3) is 0.467. The maximum Gasteiger partial charge on any atom is 0.257 e. The van der Waals surface area contributed by atoms with Gasteiger partial charge in [-0.3, -0.25) is 9.69 Å². The van der Waals surface area contributed by atoms with Gasteiger partial charge in [-0.2, -0.15) is 5.26 Å². The zero-order valence-corrected chi connectivity index (χ0v) is 12.2. The number of rotatable bonds is 3. The molecule has 6 heteroatoms. The van der Waals surface area contributed by atoms with Gasteiger partial charge < -0.3 is 14.7 Å². The van der Waals surface area contributed by atoms with Crippen LogP contribution < -0.4 is 4.74 Å². The first-order valence-electron chi connectivity index (χ1n) is 6.87. The van der Waals surface area contributed by atoms with E-state index in [2.05, 4.69) is 6.07 Å². The Kier molecular flexibility index (Phi) is 4.66. The smallest absolute Gasteiger partial charge is 0.257 e. The Morgan fingerprint density at radius 2 is 2.05 bits per heavy atom. The van der Waals surface area contributed by atoms with Crippen LogP contribution in [0.5, 0.6) is 11.5 Å². The van der Waals surface area contributed by atoms with Crippen molar-refractivity contribution in [3.05, 3.63) is 23.8 Å². The van der Waals surface area contributed by atoms with Gasteiger partial charge in [-0.15, -0.1) is 0 Å². The third-order valence-corrected chi connectivity index (χ3v) is 3.79. The molecule has 0 spiro atoms. The largest absolute Gasteiger partial charge is 0.504 e. The number of aromatic hydroxyl groups is 1. The summed E-state index contributed by atoms with van der Waals surface area (Å²) in [6.45, 7) is 4.25. The molecule has 0 radical (unpaired) electrons. The molecule has 1 aliphatic rings. The van der Waals surface area contributed by atoms with Crippen LogP contribution in [0.25, 0.3) is 0 Å². The Balaban J connectivity index is 2.08. The number of phenols is 1. The lowest BCUT2D eigenvalue weighted by molar-refractivity contribution is 0.0612. The number of amides is 1. The third-order valence-electron chi connectivity index (χ3n) is 3.79. The number of ether oxygens (including phenoxy) is 1. The van der Waals surface area contributed by atoms with Crippen LogP contribution in [-0.2, 0) is 0 Å². The zero-order valence-electron chi connectivity index (χ0n) is 12.2. The zero-order chi connectivity index (χ0) is 15.4. The van der Waals surface area contributed by atoms with E-state index in [9.17, 15) is 9.90 Å². The van der Waals surface area contributed by atoms with E-state index in [1.165, 1.54) is 7.11 Å². The van der Waals surface area contributed by atoms with Crippen LogP contribution in [0.1, 0.15) is 17.3 Å². The molecular formula is C15H19N3O3. The molecule has 0 aliphatic carbocycles. The highest BCUT2D eigenvalue weighted by Gasteiger charge is 2.26. The number of benzene rings is 1. The lowest BCUT2D eigenvalue weighted by Crippen LogP contribution is -2.51. The summed E-state index contributed by atoms with van der Waals surface area (Å²) in [6.07, 6.45) is 0. The number of methoxy groups -OCH3 is 1. The Morgan fingerprint density at radius 3 is 2.62 bits per heavy atom. The minimum Gasteiger partial charge on any atom is -0.504 e. The molecule has 1 unspecified atom stereocenters. The molecule has 0 aromatic heterocycles. The molecule has 1 N–H and O–H groups in total. The quantitative estimate of drug-likeness (QED) is 0.900. The molecule has 0 saturated carbocycles. The predicted octanol–water partition coefficient (Wildman–Crippen LogP) is 1.07. The van der Waals surface area contributed by atoms with Crippen molar-refractivity contribution in [2.45, 2.75) is 13.0 Å². The van der Waals surface area contributed by atoms with E-state index in [-0.39, 0.29) is 29.0 Å². The lowest BCUT2D eigenvalue weighted by Gasteiger charge is -2.36. The van der Waals surface area contributed by atoms with Gasteiger partial charge in [0, 0.05) is 26.2 Å². The first kappa shape index (κ1) is 15.1. The summed E-state index contributed by atoms with van der Waals surface area (Å²) >= 11 is 0. The normalized spacial score (nSPS) is 17.1. The number of hydrogen-bond donors (Lipinski definition) is 1. The SMILES string of the molecule is COc1cccc(C(=O)N2CCN(C(C)C#N)CC2)c1O. The van der Waals surface area contributed by atoms with Gasteiger partial charge in [-0.1, -0.05) is 6.07 Å². The van der Waals surface area contributed by atoms with Gasteiger partial charge in [0.2, 0.25) is 0 Å². The van der Waals surface area contributed by atoms with Crippen LogP contribution in [0, 0.1) is 11.3 Å². The molecule has 1 fully saturated rings. The van der Waals surface area contributed by atoms with Gasteiger partial charge in [-0.05, 0) is 19.1 Å².